The lowest BCUT2D eigenvalue weighted by molar-refractivity contribution is -0.113. The smallest absolute Gasteiger partial charge is 0.296 e. The number of fused-ring (bicyclic) bond motifs is 1. The number of thiocarbonyl (C=S) groups is 1. The van der Waals surface area contributed by atoms with E-state index in [0.717, 1.165) is 30.2 Å². The molecule has 1 N–H and O–H groups in total. The summed E-state index contributed by atoms with van der Waals surface area (Å²) in [6.45, 7) is 6.55. The van der Waals surface area contributed by atoms with Gasteiger partial charge in [0, 0.05) is 19.8 Å². The normalized spacial score (nSPS) is 14.4. The lowest BCUT2D eigenvalue weighted by atomic mass is 10.1. The van der Waals surface area contributed by atoms with Gasteiger partial charge < -0.3 is 5.32 Å². The van der Waals surface area contributed by atoms with Crippen LogP contribution in [0.5, 0.6) is 0 Å². The molecule has 0 bridgehead atoms. The molecule has 0 radical (unpaired) electrons. The number of nitrogens with one attached hydrogen (secondary N) is 1. The first-order valence-corrected chi connectivity index (χ1v) is 15.8. The maximum Gasteiger partial charge on any atom is 0.296 e. The van der Waals surface area contributed by atoms with Gasteiger partial charge in [-0.25, -0.2) is 9.67 Å². The highest BCUT2D eigenvalue weighted by atomic mass is 32.2. The zero-order valence-electron chi connectivity index (χ0n) is 24.9. The third kappa shape index (κ3) is 6.09. The van der Waals surface area contributed by atoms with Crippen LogP contribution in [0.2, 0.25) is 0 Å². The molecule has 1 amide bonds. The summed E-state index contributed by atoms with van der Waals surface area (Å²) in [7, 11) is 1.77. The Kier molecular flexibility index (Phi) is 9.31. The number of hydrogen-bond acceptors (Lipinski definition) is 7. The summed E-state index contributed by atoms with van der Waals surface area (Å²) in [5.41, 5.74) is 2.54. The van der Waals surface area contributed by atoms with E-state index in [1.807, 2.05) is 49.4 Å². The van der Waals surface area contributed by atoms with Gasteiger partial charge in [0.1, 0.15) is 17.2 Å². The first-order chi connectivity index (χ1) is 20.7. The number of carbonyl (C=O) groups excluding carboxylic acids is 1. The number of amides is 1. The summed E-state index contributed by atoms with van der Waals surface area (Å²) < 4.78 is 4.95. The number of hydrogen-bond donors (Lipinski definition) is 1. The lowest BCUT2D eigenvalue weighted by Crippen LogP contribution is -2.33. The number of pyridine rings is 1. The van der Waals surface area contributed by atoms with Gasteiger partial charge >= 0.3 is 0 Å². The van der Waals surface area contributed by atoms with Crippen LogP contribution in [0, 0.1) is 13.8 Å². The molecule has 11 heteroatoms. The number of benzene rings is 1. The second-order valence-electron chi connectivity index (χ2n) is 10.7. The quantitative estimate of drug-likeness (QED) is 0.126. The van der Waals surface area contributed by atoms with Gasteiger partial charge in [-0.1, -0.05) is 87.3 Å². The van der Waals surface area contributed by atoms with Crippen molar-refractivity contribution in [3.8, 4) is 5.69 Å². The molecule has 1 aliphatic heterocycles. The monoisotopic (exact) mass is 616 g/mol. The average Bonchev–Trinajstić information content (AvgIpc) is 3.39. The molecular formula is C32H36N6O3S2. The molecule has 3 aromatic heterocycles. The number of nitrogens with zero attached hydrogens (tertiary/aromatic N) is 5. The van der Waals surface area contributed by atoms with E-state index in [0.29, 0.717) is 29.4 Å². The third-order valence-corrected chi connectivity index (χ3v) is 8.95. The number of anilines is 2. The minimum Gasteiger partial charge on any atom is -0.369 e. The van der Waals surface area contributed by atoms with Crippen LogP contribution in [-0.2, 0) is 11.8 Å². The predicted molar refractivity (Wildman–Crippen MR) is 179 cm³/mol. The van der Waals surface area contributed by atoms with Crippen molar-refractivity contribution in [1.29, 1.82) is 0 Å². The maximum absolute atomic E-state index is 13.9. The number of aromatic nitrogens is 4. The summed E-state index contributed by atoms with van der Waals surface area (Å²) in [4.78, 5) is 47.6. The summed E-state index contributed by atoms with van der Waals surface area (Å²) in [5.74, 6) is -0.0216. The van der Waals surface area contributed by atoms with E-state index in [4.69, 9.17) is 17.2 Å². The topological polar surface area (TPSA) is 93.6 Å². The largest absolute Gasteiger partial charge is 0.369 e. The molecule has 1 aromatic carbocycles. The Labute approximate surface area is 260 Å². The van der Waals surface area contributed by atoms with Crippen molar-refractivity contribution in [1.82, 2.24) is 18.7 Å². The van der Waals surface area contributed by atoms with Crippen molar-refractivity contribution in [3.63, 3.8) is 0 Å². The van der Waals surface area contributed by atoms with Crippen LogP contribution < -0.4 is 21.3 Å². The zero-order chi connectivity index (χ0) is 30.7. The van der Waals surface area contributed by atoms with Crippen LogP contribution in [-0.4, -0.2) is 35.5 Å². The van der Waals surface area contributed by atoms with E-state index in [9.17, 15) is 14.4 Å². The van der Waals surface area contributed by atoms with E-state index >= 15 is 0 Å². The number of carbonyl (C=O) groups is 1. The molecule has 0 unspecified atom stereocenters. The molecular weight excluding hydrogens is 581 g/mol. The third-order valence-electron chi connectivity index (χ3n) is 7.64. The molecule has 224 valence electrons. The first-order valence-electron chi connectivity index (χ1n) is 14.6. The highest BCUT2D eigenvalue weighted by Crippen LogP contribution is 2.36. The standard InChI is InChI=1S/C32H36N6O3S2/c1-5-6-7-8-9-13-18-33-28-24(29(39)36-20-21(2)16-17-26(36)34-28)19-25-30(40)37(32(42)43-25)27-22(3)35(4)38(31(27)41)23-14-11-10-12-15-23/h10-12,14-17,19-20,33H,5-9,13,18H2,1-4H3. The Morgan fingerprint density at radius 2 is 1.67 bits per heavy atom. The number of unbranched alkanes of at least 4 members (excludes halogenated alkanes) is 5. The highest BCUT2D eigenvalue weighted by molar-refractivity contribution is 8.27. The maximum atomic E-state index is 13.9. The van der Waals surface area contributed by atoms with Gasteiger partial charge in [-0.3, -0.25) is 28.4 Å². The van der Waals surface area contributed by atoms with E-state index in [2.05, 4.69) is 12.2 Å². The molecule has 5 rings (SSSR count). The summed E-state index contributed by atoms with van der Waals surface area (Å²) in [6, 6.07) is 13.0. The molecule has 1 saturated heterocycles. The van der Waals surface area contributed by atoms with Crippen LogP contribution in [0.4, 0.5) is 11.5 Å². The van der Waals surface area contributed by atoms with Crippen LogP contribution in [0.25, 0.3) is 17.4 Å². The van der Waals surface area contributed by atoms with Crippen molar-refractivity contribution >= 4 is 57.4 Å². The van der Waals surface area contributed by atoms with E-state index < -0.39 is 5.91 Å². The van der Waals surface area contributed by atoms with Crippen LogP contribution in [0.3, 0.4) is 0 Å². The number of thioether (sulfide) groups is 1. The van der Waals surface area contributed by atoms with Crippen molar-refractivity contribution in [2.75, 3.05) is 16.8 Å². The second kappa shape index (κ2) is 13.1. The Bertz CT molecular complexity index is 1840. The minimum atomic E-state index is -0.448. The SMILES string of the molecule is CCCCCCCCNc1nc2ccc(C)cn2c(=O)c1C=C1SC(=S)N(c2c(C)n(C)n(-c3ccccc3)c2=O)C1=O. The van der Waals surface area contributed by atoms with Crippen molar-refractivity contribution < 1.29 is 4.79 Å². The second-order valence-corrected chi connectivity index (χ2v) is 12.4. The number of rotatable bonds is 11. The molecule has 0 aliphatic carbocycles. The van der Waals surface area contributed by atoms with Crippen LogP contribution in [0.15, 0.2) is 63.2 Å². The van der Waals surface area contributed by atoms with E-state index in [-0.39, 0.29) is 31.6 Å². The summed E-state index contributed by atoms with van der Waals surface area (Å²) >= 11 is 6.70. The van der Waals surface area contributed by atoms with E-state index in [1.54, 1.807) is 30.9 Å². The number of para-hydroxylation sites is 1. The predicted octanol–water partition coefficient (Wildman–Crippen LogP) is 5.98. The Hall–Kier alpha value is -3.96. The zero-order valence-corrected chi connectivity index (χ0v) is 26.6. The van der Waals surface area contributed by atoms with Gasteiger partial charge in [-0.2, -0.15) is 0 Å². The molecule has 1 fully saturated rings. The molecule has 4 heterocycles. The van der Waals surface area contributed by atoms with Gasteiger partial charge in [-0.15, -0.1) is 0 Å². The number of aryl methyl sites for hydroxylation is 1. The fourth-order valence-corrected chi connectivity index (χ4v) is 6.49. The Morgan fingerprint density at radius 1 is 0.953 bits per heavy atom. The highest BCUT2D eigenvalue weighted by Gasteiger charge is 2.38. The Morgan fingerprint density at radius 3 is 2.42 bits per heavy atom. The average molecular weight is 617 g/mol. The molecule has 0 atom stereocenters. The fourth-order valence-electron chi connectivity index (χ4n) is 5.24. The summed E-state index contributed by atoms with van der Waals surface area (Å²) in [6.07, 6.45) is 10.2. The van der Waals surface area contributed by atoms with Crippen molar-refractivity contribution in [3.05, 3.63) is 91.1 Å². The molecule has 9 nitrogen and oxygen atoms in total. The molecule has 0 saturated carbocycles. The van der Waals surface area contributed by atoms with Gasteiger partial charge in [0.15, 0.2) is 4.32 Å². The fraction of sp³-hybridized carbons (Fsp3) is 0.344. The van der Waals surface area contributed by atoms with Crippen molar-refractivity contribution in [2.24, 2.45) is 7.05 Å². The van der Waals surface area contributed by atoms with Gasteiger partial charge in [0.25, 0.3) is 17.0 Å². The van der Waals surface area contributed by atoms with Gasteiger partial charge in [0.2, 0.25) is 0 Å². The van der Waals surface area contributed by atoms with Gasteiger partial charge in [-0.05, 0) is 50.1 Å². The lowest BCUT2D eigenvalue weighted by Gasteiger charge is -2.13. The van der Waals surface area contributed by atoms with Crippen molar-refractivity contribution in [2.45, 2.75) is 59.3 Å². The van der Waals surface area contributed by atoms with Gasteiger partial charge in [0.05, 0.1) is 21.8 Å². The van der Waals surface area contributed by atoms with E-state index in [1.165, 1.54) is 39.7 Å². The molecule has 0 spiro atoms. The van der Waals surface area contributed by atoms with Crippen LogP contribution in [0.1, 0.15) is 62.3 Å². The first kappa shape index (κ1) is 30.5. The van der Waals surface area contributed by atoms with Crippen LogP contribution >= 0.6 is 24.0 Å². The minimum absolute atomic E-state index is 0.197. The molecule has 43 heavy (non-hydrogen) atoms. The summed E-state index contributed by atoms with van der Waals surface area (Å²) in [5, 5.41) is 3.35. The molecule has 1 aliphatic rings. The molecule has 4 aromatic rings. The Balaban J connectivity index is 1.50.